The summed E-state index contributed by atoms with van der Waals surface area (Å²) in [5, 5.41) is 16.7. The van der Waals surface area contributed by atoms with Crippen LogP contribution in [-0.2, 0) is 0 Å². The first-order chi connectivity index (χ1) is 13.9. The van der Waals surface area contributed by atoms with Gasteiger partial charge >= 0.3 is 0 Å². The number of nitrogens with one attached hydrogen (secondary N) is 2. The van der Waals surface area contributed by atoms with Crippen LogP contribution in [0.15, 0.2) is 48.5 Å². The number of nitro groups is 1. The van der Waals surface area contributed by atoms with Crippen LogP contribution in [0.3, 0.4) is 0 Å². The Morgan fingerprint density at radius 1 is 1.14 bits per heavy atom. The van der Waals surface area contributed by atoms with E-state index in [1.807, 2.05) is 0 Å². The molecule has 0 radical (unpaired) electrons. The minimum absolute atomic E-state index is 0.0556. The molecule has 2 aromatic carbocycles. The average Bonchev–Trinajstić information content (AvgIpc) is 3.10. The molecule has 11 heteroatoms. The number of amides is 2. The molecule has 3 aromatic rings. The van der Waals surface area contributed by atoms with Crippen LogP contribution in [0.2, 0.25) is 0 Å². The summed E-state index contributed by atoms with van der Waals surface area (Å²) in [7, 11) is 1.52. The van der Waals surface area contributed by atoms with Gasteiger partial charge in [0.1, 0.15) is 10.8 Å². The second-order valence-corrected chi connectivity index (χ2v) is 6.67. The normalized spacial score (nSPS) is 10.2. The monoisotopic (exact) mass is 413 g/mol. The molecule has 4 N–H and O–H groups in total. The van der Waals surface area contributed by atoms with Gasteiger partial charge in [-0.3, -0.25) is 19.7 Å². The van der Waals surface area contributed by atoms with Gasteiger partial charge in [0.05, 0.1) is 12.0 Å². The van der Waals surface area contributed by atoms with Crippen LogP contribution in [0.1, 0.15) is 20.8 Å². The predicted octanol–water partition coefficient (Wildman–Crippen LogP) is 3.15. The van der Waals surface area contributed by atoms with Gasteiger partial charge in [0.15, 0.2) is 10.8 Å². The molecule has 29 heavy (non-hydrogen) atoms. The number of benzene rings is 2. The third-order valence-corrected chi connectivity index (χ3v) is 4.66. The van der Waals surface area contributed by atoms with Gasteiger partial charge in [0.2, 0.25) is 0 Å². The number of aromatic nitrogens is 1. The topological polar surface area (TPSA) is 149 Å². The lowest BCUT2D eigenvalue weighted by Gasteiger charge is -2.05. The summed E-state index contributed by atoms with van der Waals surface area (Å²) in [6, 6.07) is 12.1. The molecule has 0 saturated carbocycles. The molecular formula is C18H15N5O5S. The molecule has 0 aliphatic heterocycles. The highest BCUT2D eigenvalue weighted by atomic mass is 32.1. The molecule has 0 aliphatic carbocycles. The van der Waals surface area contributed by atoms with Gasteiger partial charge in [-0.2, -0.15) is 0 Å². The van der Waals surface area contributed by atoms with E-state index in [-0.39, 0.29) is 21.5 Å². The van der Waals surface area contributed by atoms with Crippen molar-refractivity contribution in [2.24, 2.45) is 5.73 Å². The first kappa shape index (κ1) is 19.8. The first-order valence-corrected chi connectivity index (χ1v) is 8.96. The molecule has 1 heterocycles. The zero-order valence-corrected chi connectivity index (χ0v) is 15.9. The summed E-state index contributed by atoms with van der Waals surface area (Å²) in [5.74, 6) is -0.643. The van der Waals surface area contributed by atoms with Crippen LogP contribution < -0.4 is 21.1 Å². The largest absolute Gasteiger partial charge is 0.497 e. The van der Waals surface area contributed by atoms with Crippen molar-refractivity contribution in [3.63, 3.8) is 0 Å². The van der Waals surface area contributed by atoms with E-state index in [9.17, 15) is 19.7 Å². The van der Waals surface area contributed by atoms with Crippen molar-refractivity contribution in [2.75, 3.05) is 17.7 Å². The maximum absolute atomic E-state index is 12.4. The summed E-state index contributed by atoms with van der Waals surface area (Å²) < 4.78 is 5.05. The fraction of sp³-hybridized carbons (Fsp3) is 0.0556. The summed E-state index contributed by atoms with van der Waals surface area (Å²) in [5.41, 5.74) is 6.09. The number of nitrogens with two attached hydrogens (primary N) is 1. The molecule has 1 aromatic heterocycles. The molecule has 0 fully saturated rings. The zero-order chi connectivity index (χ0) is 21.0. The van der Waals surface area contributed by atoms with Crippen LogP contribution in [0, 0.1) is 10.1 Å². The predicted molar refractivity (Wildman–Crippen MR) is 108 cm³/mol. The van der Waals surface area contributed by atoms with E-state index in [2.05, 4.69) is 15.6 Å². The quantitative estimate of drug-likeness (QED) is 0.398. The van der Waals surface area contributed by atoms with Crippen LogP contribution in [-0.4, -0.2) is 28.8 Å². The smallest absolute Gasteiger partial charge is 0.270 e. The highest BCUT2D eigenvalue weighted by Crippen LogP contribution is 2.31. The number of hydrogen-bond donors (Lipinski definition) is 3. The van der Waals surface area contributed by atoms with Crippen molar-refractivity contribution in [3.8, 4) is 5.75 Å². The molecule has 0 saturated heterocycles. The highest BCUT2D eigenvalue weighted by molar-refractivity contribution is 7.20. The molecule has 0 unspecified atom stereocenters. The molecular weight excluding hydrogens is 398 g/mol. The van der Waals surface area contributed by atoms with Crippen molar-refractivity contribution >= 4 is 44.7 Å². The number of carbonyl (C=O) groups is 2. The Labute approximate surface area is 168 Å². The van der Waals surface area contributed by atoms with Crippen LogP contribution >= 0.6 is 11.3 Å². The Morgan fingerprint density at radius 2 is 1.79 bits per heavy atom. The number of non-ortho nitro benzene ring substituents is 1. The molecule has 148 valence electrons. The third kappa shape index (κ3) is 4.65. The number of hydrogen-bond acceptors (Lipinski definition) is 8. The van der Waals surface area contributed by atoms with Crippen molar-refractivity contribution in [1.82, 2.24) is 4.98 Å². The van der Waals surface area contributed by atoms with Gasteiger partial charge in [0, 0.05) is 23.4 Å². The molecule has 3 rings (SSSR count). The van der Waals surface area contributed by atoms with Crippen molar-refractivity contribution < 1.29 is 19.2 Å². The van der Waals surface area contributed by atoms with E-state index in [1.165, 1.54) is 31.4 Å². The summed E-state index contributed by atoms with van der Waals surface area (Å²) in [6.45, 7) is 0. The number of primary amides is 1. The summed E-state index contributed by atoms with van der Waals surface area (Å²) in [4.78, 5) is 38.5. The Bertz CT molecular complexity index is 1060. The van der Waals surface area contributed by atoms with E-state index in [0.29, 0.717) is 17.0 Å². The van der Waals surface area contributed by atoms with E-state index >= 15 is 0 Å². The van der Waals surface area contributed by atoms with E-state index in [1.54, 1.807) is 24.3 Å². The Kier molecular flexibility index (Phi) is 5.69. The van der Waals surface area contributed by atoms with Crippen molar-refractivity contribution in [1.29, 1.82) is 0 Å². The van der Waals surface area contributed by atoms with Crippen LogP contribution in [0.25, 0.3) is 0 Å². The fourth-order valence-corrected chi connectivity index (χ4v) is 3.22. The van der Waals surface area contributed by atoms with Gasteiger partial charge in [-0.05, 0) is 36.4 Å². The Balaban J connectivity index is 1.79. The summed E-state index contributed by atoms with van der Waals surface area (Å²) in [6.07, 6.45) is 0. The number of nitro benzene ring substituents is 1. The number of ether oxygens (including phenoxy) is 1. The van der Waals surface area contributed by atoms with Gasteiger partial charge in [0.25, 0.3) is 17.5 Å². The van der Waals surface area contributed by atoms with Gasteiger partial charge < -0.3 is 21.1 Å². The molecule has 2 amide bonds. The maximum atomic E-state index is 12.4. The number of methoxy groups -OCH3 is 1. The number of rotatable bonds is 7. The Hall–Kier alpha value is -3.99. The zero-order valence-electron chi connectivity index (χ0n) is 15.0. The Morgan fingerprint density at radius 3 is 2.34 bits per heavy atom. The average molecular weight is 413 g/mol. The third-order valence-electron chi connectivity index (χ3n) is 3.77. The highest BCUT2D eigenvalue weighted by Gasteiger charge is 2.19. The van der Waals surface area contributed by atoms with Crippen molar-refractivity contribution in [3.05, 3.63) is 69.9 Å². The number of anilines is 3. The molecule has 0 bridgehead atoms. The summed E-state index contributed by atoms with van der Waals surface area (Å²) >= 11 is 1.01. The number of carbonyl (C=O) groups excluding carboxylic acids is 2. The number of thiazole rings is 1. The second kappa shape index (κ2) is 8.35. The van der Waals surface area contributed by atoms with Crippen molar-refractivity contribution in [2.45, 2.75) is 0 Å². The SMILES string of the molecule is COc1ccc(C(=O)Nc2sc(Nc3ccc([N+](=O)[O-])cc3)nc2C(N)=O)cc1. The maximum Gasteiger partial charge on any atom is 0.270 e. The molecule has 0 spiro atoms. The minimum Gasteiger partial charge on any atom is -0.497 e. The van der Waals surface area contributed by atoms with E-state index in [0.717, 1.165) is 11.3 Å². The second-order valence-electron chi connectivity index (χ2n) is 5.67. The lowest BCUT2D eigenvalue weighted by atomic mass is 10.2. The van der Waals surface area contributed by atoms with Crippen LogP contribution in [0.5, 0.6) is 5.75 Å². The van der Waals surface area contributed by atoms with E-state index < -0.39 is 16.7 Å². The first-order valence-electron chi connectivity index (χ1n) is 8.15. The lowest BCUT2D eigenvalue weighted by Crippen LogP contribution is -2.17. The fourth-order valence-electron chi connectivity index (χ4n) is 2.33. The van der Waals surface area contributed by atoms with Gasteiger partial charge in [-0.15, -0.1) is 0 Å². The minimum atomic E-state index is -0.803. The van der Waals surface area contributed by atoms with Gasteiger partial charge in [-0.25, -0.2) is 4.98 Å². The molecule has 10 nitrogen and oxygen atoms in total. The van der Waals surface area contributed by atoms with E-state index in [4.69, 9.17) is 10.5 Å². The van der Waals surface area contributed by atoms with Gasteiger partial charge in [-0.1, -0.05) is 11.3 Å². The lowest BCUT2D eigenvalue weighted by molar-refractivity contribution is -0.384. The van der Waals surface area contributed by atoms with Crippen LogP contribution in [0.4, 0.5) is 21.5 Å². The molecule has 0 atom stereocenters. The number of nitrogens with zero attached hydrogens (tertiary/aromatic N) is 2. The molecule has 0 aliphatic rings. The standard InChI is InChI=1S/C18H15N5O5S/c1-28-13-8-2-10(3-9-13)16(25)22-17-14(15(19)24)21-18(29-17)20-11-4-6-12(7-5-11)23(26)27/h2-9H,1H3,(H2,19,24)(H,20,21)(H,22,25).